The average Bonchev–Trinajstić information content (AvgIpc) is 2.38. The van der Waals surface area contributed by atoms with Gasteiger partial charge in [0.25, 0.3) is 0 Å². The van der Waals surface area contributed by atoms with Crippen LogP contribution in [0.25, 0.3) is 0 Å². The summed E-state index contributed by atoms with van der Waals surface area (Å²) in [6.07, 6.45) is 0.882. The highest BCUT2D eigenvalue weighted by atomic mass is 35.5. The van der Waals surface area contributed by atoms with E-state index in [1.807, 2.05) is 20.8 Å². The molecule has 0 aromatic heterocycles. The van der Waals surface area contributed by atoms with Crippen molar-refractivity contribution >= 4 is 24.5 Å². The quantitative estimate of drug-likeness (QED) is 0.733. The molecule has 0 aliphatic carbocycles. The molecule has 0 radical (unpaired) electrons. The number of hydrogen-bond acceptors (Lipinski definition) is 5. The fraction of sp³-hybridized carbons (Fsp3) is 0.846. The molecule has 0 unspecified atom stereocenters. The van der Waals surface area contributed by atoms with Gasteiger partial charge in [-0.1, -0.05) is 0 Å². The van der Waals surface area contributed by atoms with Gasteiger partial charge in [0.05, 0.1) is 0 Å². The Morgan fingerprint density at radius 3 is 2.40 bits per heavy atom. The Hall–Kier alpha value is -1.17. The van der Waals surface area contributed by atoms with E-state index in [4.69, 9.17) is 4.74 Å². The summed E-state index contributed by atoms with van der Waals surface area (Å²) in [6, 6.07) is 0. The lowest BCUT2D eigenvalue weighted by Gasteiger charge is -2.37. The second-order valence-electron chi connectivity index (χ2n) is 5.94. The average molecular weight is 305 g/mol. The third-order valence-corrected chi connectivity index (χ3v) is 3.11. The maximum absolute atomic E-state index is 11.9. The van der Waals surface area contributed by atoms with Crippen LogP contribution >= 0.6 is 12.4 Å². The van der Waals surface area contributed by atoms with Crippen molar-refractivity contribution in [3.63, 3.8) is 0 Å². The molecule has 1 amide bonds. The highest BCUT2D eigenvalue weighted by Gasteiger charge is 2.27. The molecule has 7 heteroatoms. The number of aliphatic imine (C=N–C) groups is 1. The van der Waals surface area contributed by atoms with Gasteiger partial charge in [0.1, 0.15) is 5.60 Å². The molecule has 116 valence electrons. The molecule has 1 N–H and O–H groups in total. The minimum absolute atomic E-state index is 0. The zero-order valence-corrected chi connectivity index (χ0v) is 13.3. The Balaban J connectivity index is 0.00000200. The molecular weight excluding hydrogens is 280 g/mol. The number of piperazine rings is 1. The first kappa shape index (κ1) is 16.9. The number of amides is 1. The molecule has 6 nitrogen and oxygen atoms in total. The van der Waals surface area contributed by atoms with Crippen LogP contribution in [0.4, 0.5) is 4.79 Å². The fourth-order valence-corrected chi connectivity index (χ4v) is 2.16. The predicted molar refractivity (Wildman–Crippen MR) is 81.5 cm³/mol. The van der Waals surface area contributed by atoms with Crippen LogP contribution < -0.4 is 5.32 Å². The third kappa shape index (κ3) is 4.74. The SMILES string of the molecule is CC(C)(C)OC(=O)N1CCN(C2=NCCCN2)CC1.Cl. The van der Waals surface area contributed by atoms with Gasteiger partial charge in [-0.05, 0) is 27.2 Å². The van der Waals surface area contributed by atoms with Crippen molar-refractivity contribution in [1.82, 2.24) is 15.1 Å². The van der Waals surface area contributed by atoms with E-state index in [9.17, 15) is 4.79 Å². The molecule has 0 aromatic carbocycles. The second-order valence-corrected chi connectivity index (χ2v) is 5.94. The molecule has 2 aliphatic rings. The Kier molecular flexibility index (Phi) is 5.92. The van der Waals surface area contributed by atoms with Gasteiger partial charge in [0.15, 0.2) is 5.96 Å². The first-order valence-electron chi connectivity index (χ1n) is 6.97. The first-order valence-corrected chi connectivity index (χ1v) is 6.97. The number of carbonyl (C=O) groups excluding carboxylic acids is 1. The molecule has 1 fully saturated rings. The lowest BCUT2D eigenvalue weighted by molar-refractivity contribution is 0.0185. The number of nitrogens with zero attached hydrogens (tertiary/aromatic N) is 3. The molecule has 0 spiro atoms. The van der Waals surface area contributed by atoms with Crippen LogP contribution in [0.15, 0.2) is 4.99 Å². The summed E-state index contributed by atoms with van der Waals surface area (Å²) in [6.45, 7) is 10.6. The van der Waals surface area contributed by atoms with Gasteiger partial charge in [-0.3, -0.25) is 4.99 Å². The van der Waals surface area contributed by atoms with E-state index in [1.54, 1.807) is 4.90 Å². The molecule has 2 rings (SSSR count). The van der Waals surface area contributed by atoms with Crippen LogP contribution in [0.3, 0.4) is 0 Å². The van der Waals surface area contributed by atoms with Gasteiger partial charge >= 0.3 is 6.09 Å². The zero-order valence-electron chi connectivity index (χ0n) is 12.5. The highest BCUT2D eigenvalue weighted by molar-refractivity contribution is 5.85. The van der Waals surface area contributed by atoms with Crippen molar-refractivity contribution in [1.29, 1.82) is 0 Å². The number of rotatable bonds is 0. The number of guanidine groups is 1. The maximum Gasteiger partial charge on any atom is 0.410 e. The minimum atomic E-state index is -0.427. The Labute approximate surface area is 126 Å². The van der Waals surface area contributed by atoms with Gasteiger partial charge in [0.2, 0.25) is 0 Å². The van der Waals surface area contributed by atoms with Crippen LogP contribution in [0.5, 0.6) is 0 Å². The molecule has 2 heterocycles. The summed E-state index contributed by atoms with van der Waals surface area (Å²) in [5.41, 5.74) is -0.427. The molecule has 2 aliphatic heterocycles. The van der Waals surface area contributed by atoms with Crippen molar-refractivity contribution in [2.24, 2.45) is 4.99 Å². The van der Waals surface area contributed by atoms with Crippen LogP contribution in [-0.2, 0) is 4.74 Å². The summed E-state index contributed by atoms with van der Waals surface area (Å²) < 4.78 is 5.38. The number of halogens is 1. The van der Waals surface area contributed by atoms with E-state index in [0.717, 1.165) is 38.6 Å². The van der Waals surface area contributed by atoms with Gasteiger partial charge in [0, 0.05) is 39.3 Å². The summed E-state index contributed by atoms with van der Waals surface area (Å²) in [7, 11) is 0. The van der Waals surface area contributed by atoms with Crippen LogP contribution in [-0.4, -0.2) is 66.7 Å². The molecule has 0 aromatic rings. The summed E-state index contributed by atoms with van der Waals surface area (Å²) in [5, 5.41) is 3.31. The smallest absolute Gasteiger partial charge is 0.410 e. The van der Waals surface area contributed by atoms with E-state index < -0.39 is 5.60 Å². The predicted octanol–water partition coefficient (Wildman–Crippen LogP) is 1.31. The van der Waals surface area contributed by atoms with Gasteiger partial charge in [-0.25, -0.2) is 4.79 Å². The first-order chi connectivity index (χ1) is 8.96. The van der Waals surface area contributed by atoms with E-state index in [0.29, 0.717) is 13.1 Å². The van der Waals surface area contributed by atoms with Crippen molar-refractivity contribution < 1.29 is 9.53 Å². The number of hydrogen-bond donors (Lipinski definition) is 1. The molecule has 0 atom stereocenters. The minimum Gasteiger partial charge on any atom is -0.444 e. The Morgan fingerprint density at radius 2 is 1.90 bits per heavy atom. The van der Waals surface area contributed by atoms with Gasteiger partial charge in [-0.15, -0.1) is 12.4 Å². The van der Waals surface area contributed by atoms with E-state index in [-0.39, 0.29) is 18.5 Å². The van der Waals surface area contributed by atoms with Crippen LogP contribution in [0.1, 0.15) is 27.2 Å². The zero-order chi connectivity index (χ0) is 13.9. The number of carbonyl (C=O) groups is 1. The van der Waals surface area contributed by atoms with E-state index in [2.05, 4.69) is 15.2 Å². The number of ether oxygens (including phenoxy) is 1. The molecular formula is C13H25ClN4O2. The maximum atomic E-state index is 11.9. The fourth-order valence-electron chi connectivity index (χ4n) is 2.16. The van der Waals surface area contributed by atoms with Gasteiger partial charge < -0.3 is 19.9 Å². The van der Waals surface area contributed by atoms with E-state index in [1.165, 1.54) is 0 Å². The normalized spacial score (nSPS) is 19.6. The Morgan fingerprint density at radius 1 is 1.25 bits per heavy atom. The number of nitrogens with one attached hydrogen (secondary N) is 1. The van der Waals surface area contributed by atoms with Crippen molar-refractivity contribution in [2.45, 2.75) is 32.8 Å². The standard InChI is InChI=1S/C13H24N4O2.ClH/c1-13(2,3)19-12(18)17-9-7-16(8-10-17)11-14-5-4-6-15-11;/h4-10H2,1-3H3,(H,14,15);1H. The molecule has 20 heavy (non-hydrogen) atoms. The van der Waals surface area contributed by atoms with Crippen molar-refractivity contribution in [3.8, 4) is 0 Å². The summed E-state index contributed by atoms with van der Waals surface area (Å²) >= 11 is 0. The van der Waals surface area contributed by atoms with Gasteiger partial charge in [-0.2, -0.15) is 0 Å². The van der Waals surface area contributed by atoms with Crippen LogP contribution in [0.2, 0.25) is 0 Å². The lowest BCUT2D eigenvalue weighted by Crippen LogP contribution is -2.55. The monoisotopic (exact) mass is 304 g/mol. The molecule has 0 bridgehead atoms. The highest BCUT2D eigenvalue weighted by Crippen LogP contribution is 2.12. The largest absolute Gasteiger partial charge is 0.444 e. The van der Waals surface area contributed by atoms with Crippen LogP contribution in [0, 0.1) is 0 Å². The Bertz CT molecular complexity index is 360. The third-order valence-electron chi connectivity index (χ3n) is 3.11. The summed E-state index contributed by atoms with van der Waals surface area (Å²) in [4.78, 5) is 20.4. The molecule has 1 saturated heterocycles. The molecule has 0 saturated carbocycles. The summed E-state index contributed by atoms with van der Waals surface area (Å²) in [5.74, 6) is 0.982. The van der Waals surface area contributed by atoms with E-state index >= 15 is 0 Å². The van der Waals surface area contributed by atoms with Crippen molar-refractivity contribution in [3.05, 3.63) is 0 Å². The lowest BCUT2D eigenvalue weighted by atomic mass is 10.2. The topological polar surface area (TPSA) is 57.2 Å². The second kappa shape index (κ2) is 7.02. The van der Waals surface area contributed by atoms with Crippen molar-refractivity contribution in [2.75, 3.05) is 39.3 Å².